The van der Waals surface area contributed by atoms with Crippen LogP contribution in [0.15, 0.2) is 12.1 Å². The minimum atomic E-state index is 0.242. The number of hydrogen-bond donors (Lipinski definition) is 1. The van der Waals surface area contributed by atoms with Gasteiger partial charge in [-0.2, -0.15) is 0 Å². The Hall–Kier alpha value is -1.02. The number of ether oxygens (including phenoxy) is 1. The molecule has 2 rings (SSSR count). The number of methoxy groups -OCH3 is 1. The van der Waals surface area contributed by atoms with Crippen LogP contribution < -0.4 is 10.5 Å². The van der Waals surface area contributed by atoms with E-state index in [1.165, 1.54) is 16.7 Å². The summed E-state index contributed by atoms with van der Waals surface area (Å²) < 4.78 is 5.28. The van der Waals surface area contributed by atoms with Gasteiger partial charge in [-0.05, 0) is 48.1 Å². The van der Waals surface area contributed by atoms with Crippen LogP contribution in [0, 0.1) is 0 Å². The maximum Gasteiger partial charge on any atom is 0.119 e. The zero-order valence-electron chi connectivity index (χ0n) is 8.84. The third-order valence-corrected chi connectivity index (χ3v) is 3.04. The second kappa shape index (κ2) is 3.62. The minimum Gasteiger partial charge on any atom is -0.497 e. The van der Waals surface area contributed by atoms with Gasteiger partial charge in [0.25, 0.3) is 0 Å². The van der Waals surface area contributed by atoms with Crippen molar-refractivity contribution in [1.82, 2.24) is 0 Å². The van der Waals surface area contributed by atoms with E-state index in [-0.39, 0.29) is 6.04 Å². The third kappa shape index (κ3) is 1.40. The Kier molecular flexibility index (Phi) is 2.46. The molecule has 2 N–H and O–H groups in total. The molecule has 0 saturated heterocycles. The van der Waals surface area contributed by atoms with Crippen molar-refractivity contribution >= 4 is 0 Å². The van der Waals surface area contributed by atoms with Gasteiger partial charge in [0.2, 0.25) is 0 Å². The summed E-state index contributed by atoms with van der Waals surface area (Å²) in [5.74, 6) is 0.967. The van der Waals surface area contributed by atoms with E-state index in [9.17, 15) is 0 Å². The Morgan fingerprint density at radius 3 is 2.93 bits per heavy atom. The number of aryl methyl sites for hydroxylation is 2. The molecule has 0 amide bonds. The zero-order valence-corrected chi connectivity index (χ0v) is 8.84. The van der Waals surface area contributed by atoms with Crippen molar-refractivity contribution in [3.05, 3.63) is 28.8 Å². The molecule has 2 heteroatoms. The van der Waals surface area contributed by atoms with Gasteiger partial charge in [0.15, 0.2) is 0 Å². The lowest BCUT2D eigenvalue weighted by Gasteiger charge is -2.12. The predicted molar refractivity (Wildman–Crippen MR) is 57.6 cm³/mol. The monoisotopic (exact) mass is 191 g/mol. The average molecular weight is 191 g/mol. The largest absolute Gasteiger partial charge is 0.497 e. The van der Waals surface area contributed by atoms with E-state index in [0.29, 0.717) is 0 Å². The second-order valence-corrected chi connectivity index (χ2v) is 3.86. The van der Waals surface area contributed by atoms with Crippen LogP contribution >= 0.6 is 0 Å². The van der Waals surface area contributed by atoms with Gasteiger partial charge in [0, 0.05) is 6.04 Å². The first-order valence-electron chi connectivity index (χ1n) is 5.21. The SMILES string of the molecule is CCc1cc(OC)cc2c1C(N)CC2. The molecule has 0 aliphatic heterocycles. The van der Waals surface area contributed by atoms with E-state index in [0.717, 1.165) is 25.0 Å². The van der Waals surface area contributed by atoms with Gasteiger partial charge in [-0.3, -0.25) is 0 Å². The number of fused-ring (bicyclic) bond motifs is 1. The molecular formula is C12H17NO. The number of nitrogens with two attached hydrogens (primary N) is 1. The Morgan fingerprint density at radius 2 is 2.29 bits per heavy atom. The maximum atomic E-state index is 6.07. The molecule has 0 spiro atoms. The van der Waals surface area contributed by atoms with E-state index < -0.39 is 0 Å². The first-order valence-corrected chi connectivity index (χ1v) is 5.21. The summed E-state index contributed by atoms with van der Waals surface area (Å²) in [7, 11) is 1.72. The summed E-state index contributed by atoms with van der Waals surface area (Å²) in [6, 6.07) is 4.48. The molecule has 1 aromatic carbocycles. The first kappa shape index (κ1) is 9.53. The molecule has 76 valence electrons. The smallest absolute Gasteiger partial charge is 0.119 e. The van der Waals surface area contributed by atoms with Gasteiger partial charge in [0.05, 0.1) is 7.11 Å². The Bertz CT molecular complexity index is 346. The van der Waals surface area contributed by atoms with Crippen molar-refractivity contribution < 1.29 is 4.74 Å². The molecule has 1 aromatic rings. The topological polar surface area (TPSA) is 35.2 Å². The van der Waals surface area contributed by atoms with Crippen molar-refractivity contribution in [3.8, 4) is 5.75 Å². The molecule has 0 radical (unpaired) electrons. The van der Waals surface area contributed by atoms with E-state index in [4.69, 9.17) is 10.5 Å². The van der Waals surface area contributed by atoms with Crippen LogP contribution in [0.1, 0.15) is 36.1 Å². The van der Waals surface area contributed by atoms with E-state index >= 15 is 0 Å². The van der Waals surface area contributed by atoms with Gasteiger partial charge in [-0.1, -0.05) is 6.92 Å². The van der Waals surface area contributed by atoms with Crippen LogP contribution in [0.3, 0.4) is 0 Å². The van der Waals surface area contributed by atoms with Crippen molar-refractivity contribution in [2.24, 2.45) is 5.73 Å². The molecule has 0 heterocycles. The van der Waals surface area contributed by atoms with Crippen LogP contribution in [-0.2, 0) is 12.8 Å². The average Bonchev–Trinajstić information content (AvgIpc) is 2.59. The molecule has 1 atom stereocenters. The molecule has 1 aliphatic rings. The standard InChI is InChI=1S/C12H17NO/c1-3-8-6-10(14-2)7-9-4-5-11(13)12(8)9/h6-7,11H,3-5,13H2,1-2H3. The van der Waals surface area contributed by atoms with Gasteiger partial charge < -0.3 is 10.5 Å². The molecule has 2 nitrogen and oxygen atoms in total. The molecule has 0 fully saturated rings. The quantitative estimate of drug-likeness (QED) is 0.777. The number of rotatable bonds is 2. The van der Waals surface area contributed by atoms with Crippen LogP contribution in [0.5, 0.6) is 5.75 Å². The van der Waals surface area contributed by atoms with Gasteiger partial charge >= 0.3 is 0 Å². The molecule has 14 heavy (non-hydrogen) atoms. The highest BCUT2D eigenvalue weighted by Crippen LogP contribution is 2.35. The van der Waals surface area contributed by atoms with Gasteiger partial charge in [0.1, 0.15) is 5.75 Å². The number of hydrogen-bond acceptors (Lipinski definition) is 2. The fourth-order valence-corrected chi connectivity index (χ4v) is 2.30. The van der Waals surface area contributed by atoms with Crippen LogP contribution in [0.4, 0.5) is 0 Å². The third-order valence-electron chi connectivity index (χ3n) is 3.04. The minimum absolute atomic E-state index is 0.242. The first-order chi connectivity index (χ1) is 6.76. The highest BCUT2D eigenvalue weighted by molar-refractivity contribution is 5.46. The second-order valence-electron chi connectivity index (χ2n) is 3.86. The zero-order chi connectivity index (χ0) is 10.1. The fraction of sp³-hybridized carbons (Fsp3) is 0.500. The van der Waals surface area contributed by atoms with E-state index in [1.54, 1.807) is 7.11 Å². The lowest BCUT2D eigenvalue weighted by Crippen LogP contribution is -2.08. The number of benzene rings is 1. The van der Waals surface area contributed by atoms with Crippen LogP contribution in [0.25, 0.3) is 0 Å². The summed E-state index contributed by atoms with van der Waals surface area (Å²) >= 11 is 0. The van der Waals surface area contributed by atoms with E-state index in [2.05, 4.69) is 19.1 Å². The molecular weight excluding hydrogens is 174 g/mol. The van der Waals surface area contributed by atoms with Crippen molar-refractivity contribution in [1.29, 1.82) is 0 Å². The van der Waals surface area contributed by atoms with Crippen molar-refractivity contribution in [2.75, 3.05) is 7.11 Å². The summed E-state index contributed by atoms with van der Waals surface area (Å²) in [5.41, 5.74) is 10.2. The summed E-state index contributed by atoms with van der Waals surface area (Å²) in [5, 5.41) is 0. The normalized spacial score (nSPS) is 19.5. The van der Waals surface area contributed by atoms with Crippen LogP contribution in [0.2, 0.25) is 0 Å². The fourth-order valence-electron chi connectivity index (χ4n) is 2.30. The maximum absolute atomic E-state index is 6.07. The Morgan fingerprint density at radius 1 is 1.50 bits per heavy atom. The molecule has 0 bridgehead atoms. The highest BCUT2D eigenvalue weighted by Gasteiger charge is 2.22. The molecule has 1 unspecified atom stereocenters. The predicted octanol–water partition coefficient (Wildman–Crippen LogP) is 2.20. The Labute approximate surface area is 85.1 Å². The van der Waals surface area contributed by atoms with Crippen molar-refractivity contribution in [2.45, 2.75) is 32.2 Å². The summed E-state index contributed by atoms with van der Waals surface area (Å²) in [6.07, 6.45) is 3.21. The Balaban J connectivity index is 2.52. The lowest BCUT2D eigenvalue weighted by atomic mass is 9.99. The molecule has 0 aromatic heterocycles. The van der Waals surface area contributed by atoms with Crippen molar-refractivity contribution in [3.63, 3.8) is 0 Å². The lowest BCUT2D eigenvalue weighted by molar-refractivity contribution is 0.413. The highest BCUT2D eigenvalue weighted by atomic mass is 16.5. The van der Waals surface area contributed by atoms with E-state index in [1.807, 2.05) is 0 Å². The summed E-state index contributed by atoms with van der Waals surface area (Å²) in [4.78, 5) is 0. The molecule has 1 aliphatic carbocycles. The molecule has 0 saturated carbocycles. The summed E-state index contributed by atoms with van der Waals surface area (Å²) in [6.45, 7) is 2.17. The van der Waals surface area contributed by atoms with Gasteiger partial charge in [-0.25, -0.2) is 0 Å². The van der Waals surface area contributed by atoms with Gasteiger partial charge in [-0.15, -0.1) is 0 Å². The van der Waals surface area contributed by atoms with Crippen LogP contribution in [-0.4, -0.2) is 7.11 Å².